The summed E-state index contributed by atoms with van der Waals surface area (Å²) >= 11 is 3.47. The molecule has 1 atom stereocenters. The monoisotopic (exact) mass is 550 g/mol. The quantitative estimate of drug-likeness (QED) is 0.310. The van der Waals surface area contributed by atoms with Gasteiger partial charge < -0.3 is 15.0 Å². The first-order valence-corrected chi connectivity index (χ1v) is 13.2. The van der Waals surface area contributed by atoms with Crippen LogP contribution in [-0.2, 0) is 29.0 Å². The summed E-state index contributed by atoms with van der Waals surface area (Å²) in [5, 5.41) is 3.04. The van der Waals surface area contributed by atoms with Crippen LogP contribution in [0.3, 0.4) is 0 Å². The molecule has 3 rings (SSSR count). The van der Waals surface area contributed by atoms with E-state index in [-0.39, 0.29) is 18.4 Å². The van der Waals surface area contributed by atoms with Crippen molar-refractivity contribution in [2.75, 3.05) is 13.2 Å². The Morgan fingerprint density at radius 1 is 0.889 bits per heavy atom. The van der Waals surface area contributed by atoms with Crippen LogP contribution in [0.15, 0.2) is 83.3 Å². The largest absolute Gasteiger partial charge is 0.484 e. The van der Waals surface area contributed by atoms with Gasteiger partial charge in [0.1, 0.15) is 11.8 Å². The maximum Gasteiger partial charge on any atom is 0.261 e. The zero-order chi connectivity index (χ0) is 25.9. The predicted molar refractivity (Wildman–Crippen MR) is 148 cm³/mol. The van der Waals surface area contributed by atoms with Crippen LogP contribution >= 0.6 is 15.9 Å². The summed E-state index contributed by atoms with van der Waals surface area (Å²) in [5.41, 5.74) is 3.13. The molecule has 0 aromatic heterocycles. The molecule has 0 aliphatic rings. The number of ether oxygens (including phenoxy) is 1. The van der Waals surface area contributed by atoms with E-state index in [9.17, 15) is 9.59 Å². The van der Waals surface area contributed by atoms with E-state index >= 15 is 0 Å². The number of hydrogen-bond donors (Lipinski definition) is 1. The second-order valence-corrected chi connectivity index (χ2v) is 10.2. The number of nitrogens with zero attached hydrogens (tertiary/aromatic N) is 1. The van der Waals surface area contributed by atoms with Crippen LogP contribution in [0.5, 0.6) is 5.75 Å². The molecule has 2 amide bonds. The molecule has 0 aliphatic heterocycles. The van der Waals surface area contributed by atoms with Gasteiger partial charge >= 0.3 is 0 Å². The molecule has 3 aromatic carbocycles. The number of carbonyl (C=O) groups excluding carboxylic acids is 2. The lowest BCUT2D eigenvalue weighted by Gasteiger charge is -2.31. The normalized spacial score (nSPS) is 11.7. The fourth-order valence-corrected chi connectivity index (χ4v) is 4.08. The van der Waals surface area contributed by atoms with Gasteiger partial charge in [-0.1, -0.05) is 91.3 Å². The third-order valence-corrected chi connectivity index (χ3v) is 6.44. The first kappa shape index (κ1) is 27.5. The van der Waals surface area contributed by atoms with Gasteiger partial charge in [0.2, 0.25) is 5.91 Å². The van der Waals surface area contributed by atoms with Crippen molar-refractivity contribution in [1.82, 2.24) is 10.2 Å². The van der Waals surface area contributed by atoms with E-state index in [1.807, 2.05) is 78.9 Å². The second kappa shape index (κ2) is 13.8. The first-order valence-electron chi connectivity index (χ1n) is 12.4. The number of benzene rings is 3. The lowest BCUT2D eigenvalue weighted by Crippen LogP contribution is -2.52. The van der Waals surface area contributed by atoms with E-state index in [4.69, 9.17) is 4.74 Å². The summed E-state index contributed by atoms with van der Waals surface area (Å²) in [6, 6.07) is 24.7. The van der Waals surface area contributed by atoms with Crippen molar-refractivity contribution in [3.8, 4) is 5.75 Å². The lowest BCUT2D eigenvalue weighted by molar-refractivity contribution is -0.142. The van der Waals surface area contributed by atoms with Gasteiger partial charge in [0.15, 0.2) is 6.61 Å². The Kier molecular flexibility index (Phi) is 10.6. The van der Waals surface area contributed by atoms with Crippen LogP contribution in [0.2, 0.25) is 0 Å². The zero-order valence-corrected chi connectivity index (χ0v) is 22.8. The zero-order valence-electron chi connectivity index (χ0n) is 21.2. The number of carbonyl (C=O) groups is 2. The molecule has 0 bridgehead atoms. The standard InChI is InChI=1S/C30H35BrN2O3/c1-4-23-12-16-27(17-13-23)36-21-29(34)33(20-25-10-14-26(31)15-11-25)28(30(35)32-19-22(2)3)18-24-8-6-5-7-9-24/h5-17,22,28H,4,18-21H2,1-3H3,(H,32,35)/t28-/m0/s1. The molecule has 190 valence electrons. The molecule has 0 saturated carbocycles. The molecule has 0 saturated heterocycles. The molecule has 0 spiro atoms. The number of halogens is 1. The van der Waals surface area contributed by atoms with Crippen LogP contribution < -0.4 is 10.1 Å². The molecule has 36 heavy (non-hydrogen) atoms. The molecule has 0 radical (unpaired) electrons. The Bertz CT molecular complexity index is 1100. The summed E-state index contributed by atoms with van der Waals surface area (Å²) < 4.78 is 6.81. The number of aryl methyl sites for hydroxylation is 1. The Morgan fingerprint density at radius 2 is 1.53 bits per heavy atom. The van der Waals surface area contributed by atoms with Crippen molar-refractivity contribution in [1.29, 1.82) is 0 Å². The van der Waals surface area contributed by atoms with E-state index < -0.39 is 6.04 Å². The van der Waals surface area contributed by atoms with Gasteiger partial charge in [0.25, 0.3) is 5.91 Å². The minimum absolute atomic E-state index is 0.148. The summed E-state index contributed by atoms with van der Waals surface area (Å²) in [6.45, 7) is 6.90. The minimum atomic E-state index is -0.673. The highest BCUT2D eigenvalue weighted by Gasteiger charge is 2.30. The van der Waals surface area contributed by atoms with Crippen LogP contribution in [0, 0.1) is 5.92 Å². The fourth-order valence-electron chi connectivity index (χ4n) is 3.81. The molecular weight excluding hydrogens is 516 g/mol. The first-order chi connectivity index (χ1) is 17.4. The highest BCUT2D eigenvalue weighted by Crippen LogP contribution is 2.18. The maximum atomic E-state index is 13.6. The summed E-state index contributed by atoms with van der Waals surface area (Å²) in [4.78, 5) is 28.7. The third-order valence-electron chi connectivity index (χ3n) is 5.92. The Hall–Kier alpha value is -3.12. The Morgan fingerprint density at radius 3 is 2.14 bits per heavy atom. The van der Waals surface area contributed by atoms with Gasteiger partial charge in [-0.2, -0.15) is 0 Å². The summed E-state index contributed by atoms with van der Waals surface area (Å²) in [5.74, 6) is 0.535. The van der Waals surface area contributed by atoms with Gasteiger partial charge in [0, 0.05) is 24.0 Å². The van der Waals surface area contributed by atoms with Crippen LogP contribution in [0.4, 0.5) is 0 Å². The Balaban J connectivity index is 1.87. The van der Waals surface area contributed by atoms with Gasteiger partial charge in [-0.3, -0.25) is 9.59 Å². The molecule has 5 nitrogen and oxygen atoms in total. The van der Waals surface area contributed by atoms with Crippen LogP contribution in [-0.4, -0.2) is 35.9 Å². The van der Waals surface area contributed by atoms with Gasteiger partial charge in [-0.15, -0.1) is 0 Å². The number of hydrogen-bond acceptors (Lipinski definition) is 3. The lowest BCUT2D eigenvalue weighted by atomic mass is 10.0. The number of nitrogens with one attached hydrogen (secondary N) is 1. The van der Waals surface area contributed by atoms with Crippen molar-refractivity contribution >= 4 is 27.7 Å². The molecule has 0 fully saturated rings. The second-order valence-electron chi connectivity index (χ2n) is 9.28. The van der Waals surface area contributed by atoms with E-state index in [0.717, 1.165) is 22.0 Å². The van der Waals surface area contributed by atoms with E-state index in [1.165, 1.54) is 5.56 Å². The maximum absolute atomic E-state index is 13.6. The average molecular weight is 552 g/mol. The van der Waals surface area contributed by atoms with Gasteiger partial charge in [-0.05, 0) is 53.3 Å². The molecule has 3 aromatic rings. The number of rotatable bonds is 12. The van der Waals surface area contributed by atoms with E-state index in [2.05, 4.69) is 42.0 Å². The molecule has 0 unspecified atom stereocenters. The third kappa shape index (κ3) is 8.52. The van der Waals surface area contributed by atoms with Crippen LogP contribution in [0.25, 0.3) is 0 Å². The average Bonchev–Trinajstić information content (AvgIpc) is 2.89. The summed E-state index contributed by atoms with van der Waals surface area (Å²) in [6.07, 6.45) is 1.35. The molecule has 1 N–H and O–H groups in total. The van der Waals surface area contributed by atoms with Crippen molar-refractivity contribution in [2.24, 2.45) is 5.92 Å². The van der Waals surface area contributed by atoms with Crippen molar-refractivity contribution in [3.05, 3.63) is 100 Å². The van der Waals surface area contributed by atoms with Gasteiger partial charge in [-0.25, -0.2) is 0 Å². The molecule has 6 heteroatoms. The predicted octanol–water partition coefficient (Wildman–Crippen LogP) is 5.80. The van der Waals surface area contributed by atoms with Crippen molar-refractivity contribution < 1.29 is 14.3 Å². The topological polar surface area (TPSA) is 58.6 Å². The van der Waals surface area contributed by atoms with Crippen molar-refractivity contribution in [3.63, 3.8) is 0 Å². The SMILES string of the molecule is CCc1ccc(OCC(=O)N(Cc2ccc(Br)cc2)[C@@H](Cc2ccccc2)C(=O)NCC(C)C)cc1. The van der Waals surface area contributed by atoms with E-state index in [1.54, 1.807) is 4.90 Å². The van der Waals surface area contributed by atoms with Gasteiger partial charge in [0.05, 0.1) is 0 Å². The molecular formula is C30H35BrN2O3. The molecule has 0 heterocycles. The van der Waals surface area contributed by atoms with Crippen molar-refractivity contribution in [2.45, 2.75) is 46.2 Å². The number of amides is 2. The van der Waals surface area contributed by atoms with Crippen LogP contribution in [0.1, 0.15) is 37.5 Å². The highest BCUT2D eigenvalue weighted by molar-refractivity contribution is 9.10. The highest BCUT2D eigenvalue weighted by atomic mass is 79.9. The summed E-state index contributed by atoms with van der Waals surface area (Å²) in [7, 11) is 0. The molecule has 0 aliphatic carbocycles. The fraction of sp³-hybridized carbons (Fsp3) is 0.333. The Labute approximate surface area is 223 Å². The smallest absolute Gasteiger partial charge is 0.261 e. The van der Waals surface area contributed by atoms with E-state index in [0.29, 0.717) is 31.2 Å². The minimum Gasteiger partial charge on any atom is -0.484 e.